The van der Waals surface area contributed by atoms with Crippen LogP contribution in [-0.4, -0.2) is 5.38 Å². The van der Waals surface area contributed by atoms with Crippen LogP contribution in [0.2, 0.25) is 0 Å². The van der Waals surface area contributed by atoms with Gasteiger partial charge in [0.1, 0.15) is 0 Å². The minimum Gasteiger partial charge on any atom is -0.123 e. The first-order valence-corrected chi connectivity index (χ1v) is 5.40. The third kappa shape index (κ3) is 6.97. The molecule has 0 bridgehead atoms. The molecule has 0 aromatic carbocycles. The molecule has 0 aromatic heterocycles. The maximum Gasteiger partial charge on any atom is 0.0359 e. The van der Waals surface area contributed by atoms with Crippen molar-refractivity contribution in [1.29, 1.82) is 0 Å². The van der Waals surface area contributed by atoms with Crippen molar-refractivity contribution in [3.8, 4) is 0 Å². The molecule has 0 saturated carbocycles. The number of rotatable bonds is 4. The smallest absolute Gasteiger partial charge is 0.0359 e. The topological polar surface area (TPSA) is 0 Å². The molecule has 0 aliphatic heterocycles. The summed E-state index contributed by atoms with van der Waals surface area (Å²) < 4.78 is 0. The van der Waals surface area contributed by atoms with E-state index in [0.717, 1.165) is 6.42 Å². The molecule has 0 rings (SSSR count). The van der Waals surface area contributed by atoms with Gasteiger partial charge in [-0.25, -0.2) is 0 Å². The van der Waals surface area contributed by atoms with E-state index in [1.807, 2.05) is 0 Å². The van der Waals surface area contributed by atoms with Crippen molar-refractivity contribution in [3.63, 3.8) is 0 Å². The molecule has 0 fully saturated rings. The molecule has 0 nitrogen and oxygen atoms in total. The summed E-state index contributed by atoms with van der Waals surface area (Å²) in [5.74, 6) is 0.617. The van der Waals surface area contributed by atoms with Crippen molar-refractivity contribution in [2.24, 2.45) is 11.3 Å². The molecule has 0 aliphatic carbocycles. The van der Waals surface area contributed by atoms with Gasteiger partial charge in [-0.15, -0.1) is 11.6 Å². The Morgan fingerprint density at radius 1 is 1.17 bits per heavy atom. The SMILES string of the molecule is CC(C)C(Cl)CCCC(C)(C)C. The van der Waals surface area contributed by atoms with Gasteiger partial charge in [0, 0.05) is 5.38 Å². The van der Waals surface area contributed by atoms with Crippen LogP contribution in [-0.2, 0) is 0 Å². The molecule has 1 atom stereocenters. The van der Waals surface area contributed by atoms with E-state index in [-0.39, 0.29) is 0 Å². The van der Waals surface area contributed by atoms with Crippen LogP contribution in [0.3, 0.4) is 0 Å². The maximum absolute atomic E-state index is 6.14. The molecule has 0 aromatic rings. The summed E-state index contributed by atoms with van der Waals surface area (Å²) in [5.41, 5.74) is 0.466. The van der Waals surface area contributed by atoms with Gasteiger partial charge in [0.25, 0.3) is 0 Å². The van der Waals surface area contributed by atoms with Crippen LogP contribution >= 0.6 is 11.6 Å². The minimum atomic E-state index is 0.368. The predicted octanol–water partition coefficient (Wildman–Crippen LogP) is 4.47. The lowest BCUT2D eigenvalue weighted by atomic mass is 9.89. The minimum absolute atomic E-state index is 0.368. The molecule has 1 unspecified atom stereocenters. The van der Waals surface area contributed by atoms with E-state index in [1.165, 1.54) is 12.8 Å². The molecular formula is C11H23Cl. The lowest BCUT2D eigenvalue weighted by Gasteiger charge is -2.19. The molecule has 74 valence electrons. The van der Waals surface area contributed by atoms with Gasteiger partial charge in [0.2, 0.25) is 0 Å². The summed E-state index contributed by atoms with van der Waals surface area (Å²) in [7, 11) is 0. The van der Waals surface area contributed by atoms with Gasteiger partial charge in [-0.2, -0.15) is 0 Å². The van der Waals surface area contributed by atoms with Crippen molar-refractivity contribution >= 4 is 11.6 Å². The van der Waals surface area contributed by atoms with Gasteiger partial charge < -0.3 is 0 Å². The Morgan fingerprint density at radius 2 is 1.67 bits per heavy atom. The third-order valence-corrected chi connectivity index (χ3v) is 2.85. The number of halogens is 1. The van der Waals surface area contributed by atoms with E-state index < -0.39 is 0 Å². The van der Waals surface area contributed by atoms with Crippen molar-refractivity contribution in [2.75, 3.05) is 0 Å². The highest BCUT2D eigenvalue weighted by atomic mass is 35.5. The fraction of sp³-hybridized carbons (Fsp3) is 1.00. The van der Waals surface area contributed by atoms with Crippen LogP contribution in [0.25, 0.3) is 0 Å². The van der Waals surface area contributed by atoms with Crippen LogP contribution in [0.15, 0.2) is 0 Å². The Balaban J connectivity index is 3.44. The van der Waals surface area contributed by atoms with Crippen LogP contribution in [0, 0.1) is 11.3 Å². The first-order valence-electron chi connectivity index (χ1n) is 4.97. The first kappa shape index (κ1) is 12.3. The first-order chi connectivity index (χ1) is 5.33. The summed E-state index contributed by atoms with van der Waals surface area (Å²) in [6.07, 6.45) is 3.70. The molecular weight excluding hydrogens is 168 g/mol. The van der Waals surface area contributed by atoms with Crippen LogP contribution in [0.5, 0.6) is 0 Å². The molecule has 0 saturated heterocycles. The fourth-order valence-corrected chi connectivity index (χ4v) is 1.32. The molecule has 0 aliphatic rings. The highest BCUT2D eigenvalue weighted by Crippen LogP contribution is 2.24. The third-order valence-electron chi connectivity index (χ3n) is 2.13. The standard InChI is InChI=1S/C11H23Cl/c1-9(2)10(12)7-6-8-11(3,4)5/h9-10H,6-8H2,1-5H3. The number of hydrogen-bond acceptors (Lipinski definition) is 0. The average molecular weight is 191 g/mol. The lowest BCUT2D eigenvalue weighted by Crippen LogP contribution is -2.10. The quantitative estimate of drug-likeness (QED) is 0.574. The van der Waals surface area contributed by atoms with Crippen LogP contribution in [0.1, 0.15) is 53.9 Å². The Bertz CT molecular complexity index is 111. The van der Waals surface area contributed by atoms with E-state index in [4.69, 9.17) is 11.6 Å². The summed E-state index contributed by atoms with van der Waals surface area (Å²) in [6.45, 7) is 11.2. The normalized spacial score (nSPS) is 15.2. The zero-order chi connectivity index (χ0) is 9.78. The van der Waals surface area contributed by atoms with Gasteiger partial charge in [0.15, 0.2) is 0 Å². The highest BCUT2D eigenvalue weighted by Gasteiger charge is 2.13. The second kappa shape index (κ2) is 5.11. The largest absolute Gasteiger partial charge is 0.123 e. The van der Waals surface area contributed by atoms with Crippen LogP contribution < -0.4 is 0 Å². The average Bonchev–Trinajstić information content (AvgIpc) is 1.84. The molecule has 12 heavy (non-hydrogen) atoms. The van der Waals surface area contributed by atoms with E-state index in [0.29, 0.717) is 16.7 Å². The second-order valence-corrected chi connectivity index (χ2v) is 5.77. The zero-order valence-corrected chi connectivity index (χ0v) is 9.91. The summed E-state index contributed by atoms with van der Waals surface area (Å²) in [6, 6.07) is 0. The van der Waals surface area contributed by atoms with Gasteiger partial charge in [-0.3, -0.25) is 0 Å². The van der Waals surface area contributed by atoms with E-state index in [2.05, 4.69) is 34.6 Å². The molecule has 0 spiro atoms. The van der Waals surface area contributed by atoms with Gasteiger partial charge >= 0.3 is 0 Å². The lowest BCUT2D eigenvalue weighted by molar-refractivity contribution is 0.353. The molecule has 1 heteroatoms. The summed E-state index contributed by atoms with van der Waals surface area (Å²) >= 11 is 6.14. The van der Waals surface area contributed by atoms with Gasteiger partial charge in [0.05, 0.1) is 0 Å². The molecule has 0 heterocycles. The maximum atomic E-state index is 6.14. The van der Waals surface area contributed by atoms with Gasteiger partial charge in [-0.1, -0.05) is 41.0 Å². The van der Waals surface area contributed by atoms with E-state index in [1.54, 1.807) is 0 Å². The van der Waals surface area contributed by atoms with Crippen molar-refractivity contribution in [2.45, 2.75) is 59.3 Å². The number of hydrogen-bond donors (Lipinski definition) is 0. The Kier molecular flexibility index (Phi) is 5.24. The monoisotopic (exact) mass is 190 g/mol. The Labute approximate surface area is 82.7 Å². The van der Waals surface area contributed by atoms with Gasteiger partial charge in [-0.05, 0) is 24.2 Å². The number of alkyl halides is 1. The van der Waals surface area contributed by atoms with E-state index in [9.17, 15) is 0 Å². The fourth-order valence-electron chi connectivity index (χ4n) is 1.16. The predicted molar refractivity (Wildman–Crippen MR) is 57.8 cm³/mol. The molecule has 0 amide bonds. The Morgan fingerprint density at radius 3 is 2.00 bits per heavy atom. The Hall–Kier alpha value is 0.290. The van der Waals surface area contributed by atoms with Crippen molar-refractivity contribution < 1.29 is 0 Å². The summed E-state index contributed by atoms with van der Waals surface area (Å²) in [4.78, 5) is 0. The van der Waals surface area contributed by atoms with Crippen LogP contribution in [0.4, 0.5) is 0 Å². The van der Waals surface area contributed by atoms with Crippen molar-refractivity contribution in [1.82, 2.24) is 0 Å². The molecule has 0 N–H and O–H groups in total. The molecule has 0 radical (unpaired) electrons. The van der Waals surface area contributed by atoms with Crippen molar-refractivity contribution in [3.05, 3.63) is 0 Å². The van der Waals surface area contributed by atoms with E-state index >= 15 is 0 Å². The summed E-state index contributed by atoms with van der Waals surface area (Å²) in [5, 5.41) is 0.368. The zero-order valence-electron chi connectivity index (χ0n) is 9.15. The highest BCUT2D eigenvalue weighted by molar-refractivity contribution is 6.20. The second-order valence-electron chi connectivity index (χ2n) is 5.21.